The highest BCUT2D eigenvalue weighted by Gasteiger charge is 2.29. The second-order valence-electron chi connectivity index (χ2n) is 5.84. The number of halogens is 3. The van der Waals surface area contributed by atoms with Crippen LogP contribution in [-0.4, -0.2) is 11.0 Å². The van der Waals surface area contributed by atoms with Gasteiger partial charge in [0.25, 0.3) is 0 Å². The molecule has 138 valence electrons. The SMILES string of the molecule is CCC(=O)Oc1cccc2ccc(/C=C/c3ccc(C(F)(F)F)cc3)nc12. The first kappa shape index (κ1) is 18.6. The third-order valence-corrected chi connectivity index (χ3v) is 3.90. The van der Waals surface area contributed by atoms with Crippen molar-refractivity contribution in [2.24, 2.45) is 0 Å². The fourth-order valence-corrected chi connectivity index (χ4v) is 2.47. The number of para-hydroxylation sites is 1. The Balaban J connectivity index is 1.87. The molecule has 0 spiro atoms. The van der Waals surface area contributed by atoms with Gasteiger partial charge >= 0.3 is 12.1 Å². The van der Waals surface area contributed by atoms with Crippen molar-refractivity contribution >= 4 is 29.0 Å². The van der Waals surface area contributed by atoms with Gasteiger partial charge in [-0.05, 0) is 35.9 Å². The van der Waals surface area contributed by atoms with E-state index in [4.69, 9.17) is 4.74 Å². The monoisotopic (exact) mass is 371 g/mol. The molecule has 1 aromatic heterocycles. The molecule has 6 heteroatoms. The number of nitrogens with zero attached hydrogens (tertiary/aromatic N) is 1. The van der Waals surface area contributed by atoms with Gasteiger partial charge in [-0.25, -0.2) is 4.98 Å². The maximum absolute atomic E-state index is 12.6. The van der Waals surface area contributed by atoms with Crippen LogP contribution in [0.15, 0.2) is 54.6 Å². The molecule has 0 aliphatic carbocycles. The van der Waals surface area contributed by atoms with Gasteiger partial charge in [-0.1, -0.05) is 43.3 Å². The van der Waals surface area contributed by atoms with Crippen LogP contribution >= 0.6 is 0 Å². The maximum Gasteiger partial charge on any atom is 0.416 e. The Labute approximate surface area is 154 Å². The van der Waals surface area contributed by atoms with E-state index >= 15 is 0 Å². The number of fused-ring (bicyclic) bond motifs is 1. The summed E-state index contributed by atoms with van der Waals surface area (Å²) in [4.78, 5) is 16.1. The molecule has 0 N–H and O–H groups in total. The highest BCUT2D eigenvalue weighted by Crippen LogP contribution is 2.29. The summed E-state index contributed by atoms with van der Waals surface area (Å²) in [5.41, 5.74) is 1.08. The fourth-order valence-electron chi connectivity index (χ4n) is 2.47. The summed E-state index contributed by atoms with van der Waals surface area (Å²) in [6.07, 6.45) is -0.728. The van der Waals surface area contributed by atoms with E-state index in [9.17, 15) is 18.0 Å². The molecule has 27 heavy (non-hydrogen) atoms. The summed E-state index contributed by atoms with van der Waals surface area (Å²) in [5, 5.41) is 0.822. The molecule has 3 rings (SSSR count). The first-order valence-corrected chi connectivity index (χ1v) is 8.32. The normalized spacial score (nSPS) is 11.9. The van der Waals surface area contributed by atoms with Crippen LogP contribution in [0.3, 0.4) is 0 Å². The molecule has 0 atom stereocenters. The average Bonchev–Trinajstić information content (AvgIpc) is 2.66. The first-order chi connectivity index (χ1) is 12.9. The van der Waals surface area contributed by atoms with Gasteiger partial charge in [-0.3, -0.25) is 4.79 Å². The van der Waals surface area contributed by atoms with Crippen molar-refractivity contribution in [2.75, 3.05) is 0 Å². The predicted octanol–water partition coefficient (Wildman–Crippen LogP) is 5.74. The quantitative estimate of drug-likeness (QED) is 0.434. The Hall–Kier alpha value is -3.15. The lowest BCUT2D eigenvalue weighted by Crippen LogP contribution is -2.06. The molecule has 0 amide bonds. The van der Waals surface area contributed by atoms with Gasteiger partial charge in [-0.2, -0.15) is 13.2 Å². The molecule has 0 bridgehead atoms. The highest BCUT2D eigenvalue weighted by molar-refractivity contribution is 5.88. The molecular formula is C21H16F3NO2. The Morgan fingerprint density at radius 2 is 1.78 bits per heavy atom. The molecule has 0 unspecified atom stereocenters. The van der Waals surface area contributed by atoms with Crippen molar-refractivity contribution in [1.82, 2.24) is 4.98 Å². The van der Waals surface area contributed by atoms with Crippen LogP contribution in [0.1, 0.15) is 30.2 Å². The topological polar surface area (TPSA) is 39.2 Å². The summed E-state index contributed by atoms with van der Waals surface area (Å²) < 4.78 is 43.1. The summed E-state index contributed by atoms with van der Waals surface area (Å²) in [6.45, 7) is 1.71. The number of ether oxygens (including phenoxy) is 1. The number of hydrogen-bond acceptors (Lipinski definition) is 3. The number of pyridine rings is 1. The molecule has 0 aliphatic heterocycles. The van der Waals surface area contributed by atoms with Gasteiger partial charge in [0.05, 0.1) is 11.3 Å². The van der Waals surface area contributed by atoms with E-state index in [-0.39, 0.29) is 12.4 Å². The van der Waals surface area contributed by atoms with E-state index in [1.807, 2.05) is 12.1 Å². The molecule has 0 fully saturated rings. The van der Waals surface area contributed by atoms with Crippen molar-refractivity contribution in [3.8, 4) is 5.75 Å². The first-order valence-electron chi connectivity index (χ1n) is 8.32. The van der Waals surface area contributed by atoms with Gasteiger partial charge < -0.3 is 4.74 Å². The number of carbonyl (C=O) groups excluding carboxylic acids is 1. The van der Waals surface area contributed by atoms with Gasteiger partial charge in [0.2, 0.25) is 0 Å². The summed E-state index contributed by atoms with van der Waals surface area (Å²) in [6, 6.07) is 13.8. The number of alkyl halides is 3. The molecular weight excluding hydrogens is 355 g/mol. The zero-order chi connectivity index (χ0) is 19.4. The van der Waals surface area contributed by atoms with Crippen LogP contribution < -0.4 is 4.74 Å². The number of benzene rings is 2. The molecule has 3 nitrogen and oxygen atoms in total. The number of hydrogen-bond donors (Lipinski definition) is 0. The molecule has 1 heterocycles. The Morgan fingerprint density at radius 1 is 1.04 bits per heavy atom. The minimum Gasteiger partial charge on any atom is -0.424 e. The second kappa shape index (κ2) is 7.61. The van der Waals surface area contributed by atoms with Crippen LogP contribution in [-0.2, 0) is 11.0 Å². The largest absolute Gasteiger partial charge is 0.424 e. The predicted molar refractivity (Wildman–Crippen MR) is 98.0 cm³/mol. The summed E-state index contributed by atoms with van der Waals surface area (Å²) in [5.74, 6) is 0.0270. The average molecular weight is 371 g/mol. The van der Waals surface area contributed by atoms with Gasteiger partial charge in [0.15, 0.2) is 5.75 Å². The van der Waals surface area contributed by atoms with Crippen molar-refractivity contribution in [2.45, 2.75) is 19.5 Å². The van der Waals surface area contributed by atoms with Crippen molar-refractivity contribution < 1.29 is 22.7 Å². The zero-order valence-electron chi connectivity index (χ0n) is 14.5. The summed E-state index contributed by atoms with van der Waals surface area (Å²) >= 11 is 0. The Kier molecular flexibility index (Phi) is 5.26. The van der Waals surface area contributed by atoms with Crippen molar-refractivity contribution in [3.63, 3.8) is 0 Å². The van der Waals surface area contributed by atoms with Gasteiger partial charge in [-0.15, -0.1) is 0 Å². The number of rotatable bonds is 4. The minimum absolute atomic E-state index is 0.254. The smallest absolute Gasteiger partial charge is 0.416 e. The number of aromatic nitrogens is 1. The molecule has 0 saturated heterocycles. The third kappa shape index (κ3) is 4.53. The maximum atomic E-state index is 12.6. The summed E-state index contributed by atoms with van der Waals surface area (Å²) in [7, 11) is 0. The Morgan fingerprint density at radius 3 is 2.44 bits per heavy atom. The van der Waals surface area contributed by atoms with E-state index in [1.165, 1.54) is 12.1 Å². The van der Waals surface area contributed by atoms with Crippen molar-refractivity contribution in [1.29, 1.82) is 0 Å². The van der Waals surface area contributed by atoms with Gasteiger partial charge in [0.1, 0.15) is 5.52 Å². The number of carbonyl (C=O) groups is 1. The minimum atomic E-state index is -4.35. The molecule has 0 radical (unpaired) electrons. The second-order valence-corrected chi connectivity index (χ2v) is 5.84. The van der Waals surface area contributed by atoms with Crippen LogP contribution in [0.5, 0.6) is 5.75 Å². The molecule has 2 aromatic carbocycles. The van der Waals surface area contributed by atoms with Crippen LogP contribution in [0, 0.1) is 0 Å². The molecule has 0 aliphatic rings. The zero-order valence-corrected chi connectivity index (χ0v) is 14.5. The molecule has 0 saturated carbocycles. The van der Waals surface area contributed by atoms with E-state index < -0.39 is 11.7 Å². The lowest BCUT2D eigenvalue weighted by molar-refractivity contribution is -0.137. The van der Waals surface area contributed by atoms with Crippen LogP contribution in [0.25, 0.3) is 23.1 Å². The van der Waals surface area contributed by atoms with E-state index in [1.54, 1.807) is 37.3 Å². The third-order valence-electron chi connectivity index (χ3n) is 3.90. The van der Waals surface area contributed by atoms with E-state index in [2.05, 4.69) is 4.98 Å². The van der Waals surface area contributed by atoms with Crippen LogP contribution in [0.4, 0.5) is 13.2 Å². The molecule has 3 aromatic rings. The van der Waals surface area contributed by atoms with Crippen molar-refractivity contribution in [3.05, 3.63) is 71.4 Å². The van der Waals surface area contributed by atoms with E-state index in [0.717, 1.165) is 17.5 Å². The lowest BCUT2D eigenvalue weighted by atomic mass is 10.1. The number of esters is 1. The van der Waals surface area contributed by atoms with Crippen LogP contribution in [0.2, 0.25) is 0 Å². The van der Waals surface area contributed by atoms with Gasteiger partial charge in [0, 0.05) is 11.8 Å². The highest BCUT2D eigenvalue weighted by atomic mass is 19.4. The lowest BCUT2D eigenvalue weighted by Gasteiger charge is -2.07. The van der Waals surface area contributed by atoms with E-state index in [0.29, 0.717) is 22.5 Å². The fraction of sp³-hybridized carbons (Fsp3) is 0.143. The Bertz CT molecular complexity index is 992. The standard InChI is InChI=1S/C21H16F3NO2/c1-2-19(26)27-18-5-3-4-15-9-13-17(25-20(15)18)12-8-14-6-10-16(11-7-14)21(22,23)24/h3-13H,2H2,1H3/b12-8+.